The molecule has 1 aromatic carbocycles. The van der Waals surface area contributed by atoms with Crippen molar-refractivity contribution in [1.82, 2.24) is 19.7 Å². The molecule has 2 aliphatic heterocycles. The number of hydrogen-bond acceptors (Lipinski definition) is 4. The molecule has 2 aliphatic rings. The third kappa shape index (κ3) is 4.60. The zero-order chi connectivity index (χ0) is 21.8. The largest absolute Gasteiger partial charge is 0.341 e. The van der Waals surface area contributed by atoms with Crippen LogP contribution in [0.5, 0.6) is 0 Å². The molecule has 1 atom stereocenters. The Labute approximate surface area is 182 Å². The fourth-order valence-corrected chi connectivity index (χ4v) is 4.59. The van der Waals surface area contributed by atoms with E-state index in [0.29, 0.717) is 38.3 Å². The summed E-state index contributed by atoms with van der Waals surface area (Å²) in [4.78, 5) is 47.6. The number of hydrogen-bond donors (Lipinski definition) is 0. The second kappa shape index (κ2) is 9.29. The van der Waals surface area contributed by atoms with Gasteiger partial charge < -0.3 is 14.7 Å². The highest BCUT2D eigenvalue weighted by Gasteiger charge is 2.32. The van der Waals surface area contributed by atoms with E-state index in [1.165, 1.54) is 5.56 Å². The molecule has 1 saturated heterocycles. The summed E-state index contributed by atoms with van der Waals surface area (Å²) < 4.78 is 0. The molecule has 3 heterocycles. The van der Waals surface area contributed by atoms with Gasteiger partial charge in [0.25, 0.3) is 5.91 Å². The van der Waals surface area contributed by atoms with Crippen LogP contribution < -0.4 is 0 Å². The minimum atomic E-state index is -0.229. The summed E-state index contributed by atoms with van der Waals surface area (Å²) in [6.45, 7) is 4.46. The molecule has 3 amide bonds. The lowest BCUT2D eigenvalue weighted by atomic mass is 9.90. The van der Waals surface area contributed by atoms with E-state index in [1.807, 2.05) is 28.0 Å². The molecule has 0 radical (unpaired) electrons. The normalized spacial score (nSPS) is 18.9. The van der Waals surface area contributed by atoms with E-state index in [2.05, 4.69) is 11.1 Å². The first-order chi connectivity index (χ1) is 15.0. The topological polar surface area (TPSA) is 73.8 Å². The summed E-state index contributed by atoms with van der Waals surface area (Å²) in [5.41, 5.74) is 2.90. The Bertz CT molecular complexity index is 962. The number of nitrogens with zero attached hydrogens (tertiary/aromatic N) is 4. The molecule has 7 heteroatoms. The van der Waals surface area contributed by atoms with Crippen molar-refractivity contribution in [2.75, 3.05) is 32.7 Å². The first-order valence-corrected chi connectivity index (χ1v) is 10.9. The summed E-state index contributed by atoms with van der Waals surface area (Å²) in [5.74, 6) is 0.00381. The zero-order valence-corrected chi connectivity index (χ0v) is 17.9. The highest BCUT2D eigenvalue weighted by Crippen LogP contribution is 2.33. The van der Waals surface area contributed by atoms with Gasteiger partial charge in [-0.2, -0.15) is 0 Å². The second-order valence-corrected chi connectivity index (χ2v) is 8.14. The van der Waals surface area contributed by atoms with Crippen LogP contribution in [0.2, 0.25) is 0 Å². The van der Waals surface area contributed by atoms with Crippen LogP contribution in [0.15, 0.2) is 48.8 Å². The minimum absolute atomic E-state index is 0.00251. The first-order valence-electron chi connectivity index (χ1n) is 10.9. The maximum absolute atomic E-state index is 13.2. The number of carbonyl (C=O) groups excluding carboxylic acids is 3. The summed E-state index contributed by atoms with van der Waals surface area (Å²) >= 11 is 0. The highest BCUT2D eigenvalue weighted by molar-refractivity contribution is 5.94. The molecule has 0 aliphatic carbocycles. The van der Waals surface area contributed by atoms with Gasteiger partial charge in [0, 0.05) is 57.6 Å². The second-order valence-electron chi connectivity index (χ2n) is 8.14. The number of rotatable bonds is 3. The van der Waals surface area contributed by atoms with Crippen molar-refractivity contribution in [2.24, 2.45) is 0 Å². The van der Waals surface area contributed by atoms with Crippen molar-refractivity contribution < 1.29 is 14.4 Å². The van der Waals surface area contributed by atoms with Gasteiger partial charge in [-0.15, -0.1) is 0 Å². The Hall–Kier alpha value is -3.22. The SMILES string of the molecule is CC(=O)N1CCc2ccccc2C1CC(=O)N1CCCN(C(=O)c2ccncc2)CC1. The fraction of sp³-hybridized carbons (Fsp3) is 0.417. The summed E-state index contributed by atoms with van der Waals surface area (Å²) in [7, 11) is 0. The van der Waals surface area contributed by atoms with E-state index < -0.39 is 0 Å². The maximum atomic E-state index is 13.2. The summed E-state index contributed by atoms with van der Waals surface area (Å²) in [6, 6.07) is 11.3. The number of aromatic nitrogens is 1. The van der Waals surface area contributed by atoms with Crippen molar-refractivity contribution in [3.05, 3.63) is 65.5 Å². The molecule has 7 nitrogen and oxygen atoms in total. The Kier molecular flexibility index (Phi) is 6.30. The van der Waals surface area contributed by atoms with E-state index >= 15 is 0 Å². The molecule has 1 unspecified atom stereocenters. The van der Waals surface area contributed by atoms with Crippen LogP contribution in [-0.4, -0.2) is 70.1 Å². The average Bonchev–Trinajstić information content (AvgIpc) is 3.05. The fourth-order valence-electron chi connectivity index (χ4n) is 4.59. The molecule has 31 heavy (non-hydrogen) atoms. The maximum Gasteiger partial charge on any atom is 0.254 e. The van der Waals surface area contributed by atoms with Gasteiger partial charge in [0.1, 0.15) is 0 Å². The first kappa shape index (κ1) is 21.0. The van der Waals surface area contributed by atoms with Gasteiger partial charge in [-0.1, -0.05) is 24.3 Å². The van der Waals surface area contributed by atoms with E-state index in [0.717, 1.165) is 18.4 Å². The lowest BCUT2D eigenvalue weighted by Gasteiger charge is -2.37. The van der Waals surface area contributed by atoms with Gasteiger partial charge >= 0.3 is 0 Å². The van der Waals surface area contributed by atoms with Crippen LogP contribution >= 0.6 is 0 Å². The van der Waals surface area contributed by atoms with Crippen molar-refractivity contribution in [3.63, 3.8) is 0 Å². The van der Waals surface area contributed by atoms with E-state index in [4.69, 9.17) is 0 Å². The predicted molar refractivity (Wildman–Crippen MR) is 116 cm³/mol. The Morgan fingerprint density at radius 3 is 2.42 bits per heavy atom. The number of pyridine rings is 1. The number of amides is 3. The summed E-state index contributed by atoms with van der Waals surface area (Å²) in [6.07, 6.45) is 5.05. The Morgan fingerprint density at radius 1 is 0.935 bits per heavy atom. The Morgan fingerprint density at radius 2 is 1.65 bits per heavy atom. The summed E-state index contributed by atoms with van der Waals surface area (Å²) in [5, 5.41) is 0. The molecule has 0 N–H and O–H groups in total. The van der Waals surface area contributed by atoms with Crippen molar-refractivity contribution in [2.45, 2.75) is 32.2 Å². The molecule has 0 bridgehead atoms. The lowest BCUT2D eigenvalue weighted by molar-refractivity contribution is -0.136. The standard InChI is InChI=1S/C24H28N4O3/c1-18(29)28-14-9-19-5-2-3-6-21(19)22(28)17-23(30)26-12-4-13-27(16-15-26)24(31)20-7-10-25-11-8-20/h2-3,5-8,10-11,22H,4,9,12-17H2,1H3. The van der Waals surface area contributed by atoms with Gasteiger partial charge in [0.15, 0.2) is 0 Å². The van der Waals surface area contributed by atoms with Crippen molar-refractivity contribution in [1.29, 1.82) is 0 Å². The third-order valence-electron chi connectivity index (χ3n) is 6.25. The molecule has 4 rings (SSSR count). The Balaban J connectivity index is 1.44. The van der Waals surface area contributed by atoms with E-state index in [1.54, 1.807) is 36.4 Å². The van der Waals surface area contributed by atoms with Crippen molar-refractivity contribution >= 4 is 17.7 Å². The van der Waals surface area contributed by atoms with Crippen molar-refractivity contribution in [3.8, 4) is 0 Å². The smallest absolute Gasteiger partial charge is 0.254 e. The predicted octanol–water partition coefficient (Wildman–Crippen LogP) is 2.29. The molecule has 2 aromatic rings. The lowest BCUT2D eigenvalue weighted by Crippen LogP contribution is -2.43. The quantitative estimate of drug-likeness (QED) is 0.764. The van der Waals surface area contributed by atoms with Gasteiger partial charge in [-0.3, -0.25) is 19.4 Å². The zero-order valence-electron chi connectivity index (χ0n) is 17.9. The monoisotopic (exact) mass is 420 g/mol. The van der Waals surface area contributed by atoms with Crippen LogP contribution in [0.1, 0.15) is 47.3 Å². The molecule has 1 aromatic heterocycles. The van der Waals surface area contributed by atoms with Gasteiger partial charge in [-0.25, -0.2) is 0 Å². The number of benzene rings is 1. The molecular weight excluding hydrogens is 392 g/mol. The molecular formula is C24H28N4O3. The van der Waals surface area contributed by atoms with Gasteiger partial charge in [-0.05, 0) is 36.1 Å². The van der Waals surface area contributed by atoms with E-state index in [-0.39, 0.29) is 30.2 Å². The molecule has 1 fully saturated rings. The highest BCUT2D eigenvalue weighted by atomic mass is 16.2. The van der Waals surface area contributed by atoms with Crippen LogP contribution in [-0.2, 0) is 16.0 Å². The van der Waals surface area contributed by atoms with Gasteiger partial charge in [0.05, 0.1) is 12.5 Å². The van der Waals surface area contributed by atoms with Crippen LogP contribution in [0.25, 0.3) is 0 Å². The number of carbonyl (C=O) groups is 3. The number of fused-ring (bicyclic) bond motifs is 1. The molecule has 162 valence electrons. The molecule has 0 saturated carbocycles. The molecule has 0 spiro atoms. The van der Waals surface area contributed by atoms with Crippen LogP contribution in [0.4, 0.5) is 0 Å². The van der Waals surface area contributed by atoms with Gasteiger partial charge in [0.2, 0.25) is 11.8 Å². The van der Waals surface area contributed by atoms with Crippen LogP contribution in [0.3, 0.4) is 0 Å². The average molecular weight is 421 g/mol. The van der Waals surface area contributed by atoms with Crippen LogP contribution in [0, 0.1) is 0 Å². The minimum Gasteiger partial charge on any atom is -0.341 e. The third-order valence-corrected chi connectivity index (χ3v) is 6.25. The van der Waals surface area contributed by atoms with E-state index in [9.17, 15) is 14.4 Å².